The molecule has 0 aliphatic heterocycles. The standard InChI is InChI=1S/C15H21N5OS/c1-3-13(11-5-4-7-17-9-11)20(2)15(21)18-8-6-12-10-22-14(16)19-12/h4-5,7,9-10,13H,3,6,8H2,1-2H3,(H2,16,19)(H,18,21). The molecule has 118 valence electrons. The first kappa shape index (κ1) is 16.2. The van der Waals surface area contributed by atoms with Crippen molar-refractivity contribution in [2.45, 2.75) is 25.8 Å². The first-order chi connectivity index (χ1) is 10.6. The summed E-state index contributed by atoms with van der Waals surface area (Å²) in [6, 6.07) is 3.79. The summed E-state index contributed by atoms with van der Waals surface area (Å²) in [6.45, 7) is 2.59. The fourth-order valence-corrected chi connectivity index (χ4v) is 2.90. The Morgan fingerprint density at radius 3 is 2.95 bits per heavy atom. The predicted molar refractivity (Wildman–Crippen MR) is 88.7 cm³/mol. The Morgan fingerprint density at radius 1 is 1.55 bits per heavy atom. The number of nitrogen functional groups attached to an aromatic ring is 1. The zero-order valence-corrected chi connectivity index (χ0v) is 13.6. The summed E-state index contributed by atoms with van der Waals surface area (Å²) >= 11 is 1.41. The zero-order chi connectivity index (χ0) is 15.9. The number of nitrogens with one attached hydrogen (secondary N) is 1. The van der Waals surface area contributed by atoms with Gasteiger partial charge < -0.3 is 16.0 Å². The molecule has 0 spiro atoms. The molecule has 0 saturated carbocycles. The minimum absolute atomic E-state index is 0.0172. The number of thiazole rings is 1. The molecule has 0 saturated heterocycles. The van der Waals surface area contributed by atoms with E-state index < -0.39 is 0 Å². The summed E-state index contributed by atoms with van der Waals surface area (Å²) in [7, 11) is 1.80. The molecule has 1 atom stereocenters. The van der Waals surface area contributed by atoms with Gasteiger partial charge >= 0.3 is 6.03 Å². The molecule has 2 rings (SSSR count). The highest BCUT2D eigenvalue weighted by molar-refractivity contribution is 7.13. The number of nitrogens with zero attached hydrogens (tertiary/aromatic N) is 3. The van der Waals surface area contributed by atoms with Gasteiger partial charge in [-0.25, -0.2) is 9.78 Å². The number of aromatic nitrogens is 2. The number of nitrogens with two attached hydrogens (primary N) is 1. The second kappa shape index (κ2) is 7.74. The van der Waals surface area contributed by atoms with Crippen LogP contribution in [-0.2, 0) is 6.42 Å². The topological polar surface area (TPSA) is 84.1 Å². The maximum atomic E-state index is 12.3. The first-order valence-electron chi connectivity index (χ1n) is 7.22. The van der Waals surface area contributed by atoms with Crippen LogP contribution in [0.2, 0.25) is 0 Å². The van der Waals surface area contributed by atoms with Gasteiger partial charge in [0.1, 0.15) is 0 Å². The Kier molecular flexibility index (Phi) is 5.71. The van der Waals surface area contributed by atoms with Crippen LogP contribution in [0.25, 0.3) is 0 Å². The number of carbonyl (C=O) groups excluding carboxylic acids is 1. The lowest BCUT2D eigenvalue weighted by Gasteiger charge is -2.27. The van der Waals surface area contributed by atoms with E-state index in [0.29, 0.717) is 18.1 Å². The lowest BCUT2D eigenvalue weighted by atomic mass is 10.1. The highest BCUT2D eigenvalue weighted by Crippen LogP contribution is 2.21. The molecule has 0 aliphatic carbocycles. The summed E-state index contributed by atoms with van der Waals surface area (Å²) in [5, 5.41) is 5.38. The van der Waals surface area contributed by atoms with Crippen molar-refractivity contribution in [2.75, 3.05) is 19.3 Å². The van der Waals surface area contributed by atoms with E-state index in [4.69, 9.17) is 5.73 Å². The van der Waals surface area contributed by atoms with Crippen molar-refractivity contribution < 1.29 is 4.79 Å². The zero-order valence-electron chi connectivity index (χ0n) is 12.8. The van der Waals surface area contributed by atoms with Crippen LogP contribution >= 0.6 is 11.3 Å². The smallest absolute Gasteiger partial charge is 0.317 e. The summed E-state index contributed by atoms with van der Waals surface area (Å²) in [6.07, 6.45) is 5.04. The minimum atomic E-state index is -0.0982. The molecule has 0 bridgehead atoms. The molecule has 0 aliphatic rings. The molecular formula is C15H21N5OS. The average Bonchev–Trinajstić information content (AvgIpc) is 2.94. The molecule has 7 heteroatoms. The van der Waals surface area contributed by atoms with Gasteiger partial charge in [-0.05, 0) is 18.1 Å². The van der Waals surface area contributed by atoms with E-state index in [0.717, 1.165) is 17.7 Å². The van der Waals surface area contributed by atoms with E-state index in [9.17, 15) is 4.79 Å². The van der Waals surface area contributed by atoms with Crippen LogP contribution in [0.15, 0.2) is 29.9 Å². The highest BCUT2D eigenvalue weighted by atomic mass is 32.1. The van der Waals surface area contributed by atoms with E-state index in [1.807, 2.05) is 17.5 Å². The van der Waals surface area contributed by atoms with Gasteiger partial charge in [-0.3, -0.25) is 4.98 Å². The maximum Gasteiger partial charge on any atom is 0.317 e. The Labute approximate surface area is 134 Å². The van der Waals surface area contributed by atoms with Gasteiger partial charge in [0.15, 0.2) is 5.13 Å². The molecule has 2 aromatic rings. The monoisotopic (exact) mass is 319 g/mol. The van der Waals surface area contributed by atoms with Crippen molar-refractivity contribution in [3.8, 4) is 0 Å². The fraction of sp³-hybridized carbons (Fsp3) is 0.400. The maximum absolute atomic E-state index is 12.3. The Bertz CT molecular complexity index is 601. The van der Waals surface area contributed by atoms with Gasteiger partial charge in [0.05, 0.1) is 11.7 Å². The quantitative estimate of drug-likeness (QED) is 0.856. The number of carbonyl (C=O) groups is 1. The van der Waals surface area contributed by atoms with E-state index in [1.54, 1.807) is 24.3 Å². The molecule has 2 amide bonds. The number of urea groups is 1. The van der Waals surface area contributed by atoms with Crippen LogP contribution in [0.3, 0.4) is 0 Å². The number of amides is 2. The Hall–Kier alpha value is -2.15. The fourth-order valence-electron chi connectivity index (χ4n) is 2.31. The van der Waals surface area contributed by atoms with Crippen molar-refractivity contribution >= 4 is 22.5 Å². The van der Waals surface area contributed by atoms with Crippen molar-refractivity contribution in [3.05, 3.63) is 41.2 Å². The van der Waals surface area contributed by atoms with Gasteiger partial charge in [0.2, 0.25) is 0 Å². The Morgan fingerprint density at radius 2 is 2.36 bits per heavy atom. The molecule has 2 heterocycles. The van der Waals surface area contributed by atoms with Crippen LogP contribution in [0.5, 0.6) is 0 Å². The summed E-state index contributed by atoms with van der Waals surface area (Å²) in [5.74, 6) is 0. The number of hydrogen-bond donors (Lipinski definition) is 2. The normalized spacial score (nSPS) is 11.9. The average molecular weight is 319 g/mol. The minimum Gasteiger partial charge on any atom is -0.375 e. The van der Waals surface area contributed by atoms with E-state index in [1.165, 1.54) is 11.3 Å². The molecule has 22 heavy (non-hydrogen) atoms. The van der Waals surface area contributed by atoms with Crippen LogP contribution in [0.1, 0.15) is 30.6 Å². The molecule has 3 N–H and O–H groups in total. The first-order valence-corrected chi connectivity index (χ1v) is 8.10. The van der Waals surface area contributed by atoms with Gasteiger partial charge in [-0.2, -0.15) is 0 Å². The van der Waals surface area contributed by atoms with E-state index in [-0.39, 0.29) is 12.1 Å². The number of anilines is 1. The molecular weight excluding hydrogens is 298 g/mol. The largest absolute Gasteiger partial charge is 0.375 e. The lowest BCUT2D eigenvalue weighted by molar-refractivity contribution is 0.189. The van der Waals surface area contributed by atoms with E-state index >= 15 is 0 Å². The predicted octanol–water partition coefficient (Wildman–Crippen LogP) is 2.46. The summed E-state index contributed by atoms with van der Waals surface area (Å²) in [5.41, 5.74) is 7.53. The van der Waals surface area contributed by atoms with Gasteiger partial charge in [0, 0.05) is 37.8 Å². The second-order valence-corrected chi connectivity index (χ2v) is 5.87. The van der Waals surface area contributed by atoms with E-state index in [2.05, 4.69) is 22.2 Å². The van der Waals surface area contributed by atoms with Gasteiger partial charge in [0.25, 0.3) is 0 Å². The van der Waals surface area contributed by atoms with Gasteiger partial charge in [-0.1, -0.05) is 13.0 Å². The SMILES string of the molecule is CCC(c1cccnc1)N(C)C(=O)NCCc1csc(N)n1. The van der Waals surface area contributed by atoms with Crippen LogP contribution < -0.4 is 11.1 Å². The Balaban J connectivity index is 1.87. The molecule has 0 radical (unpaired) electrons. The highest BCUT2D eigenvalue weighted by Gasteiger charge is 2.19. The second-order valence-electron chi connectivity index (χ2n) is 4.98. The molecule has 1 unspecified atom stereocenters. The number of pyridine rings is 1. The van der Waals surface area contributed by atoms with Gasteiger partial charge in [-0.15, -0.1) is 11.3 Å². The lowest BCUT2D eigenvalue weighted by Crippen LogP contribution is -2.40. The number of hydrogen-bond acceptors (Lipinski definition) is 5. The van der Waals surface area contributed by atoms with Crippen molar-refractivity contribution in [3.63, 3.8) is 0 Å². The third-order valence-corrected chi connectivity index (χ3v) is 4.19. The van der Waals surface area contributed by atoms with Crippen LogP contribution in [0, 0.1) is 0 Å². The molecule has 6 nitrogen and oxygen atoms in total. The summed E-state index contributed by atoms with van der Waals surface area (Å²) < 4.78 is 0. The van der Waals surface area contributed by atoms with Crippen molar-refractivity contribution in [1.29, 1.82) is 0 Å². The van der Waals surface area contributed by atoms with Crippen molar-refractivity contribution in [2.24, 2.45) is 0 Å². The van der Waals surface area contributed by atoms with Crippen molar-refractivity contribution in [1.82, 2.24) is 20.2 Å². The number of rotatable bonds is 6. The third-order valence-electron chi connectivity index (χ3n) is 3.47. The summed E-state index contributed by atoms with van der Waals surface area (Å²) in [4.78, 5) is 22.3. The van der Waals surface area contributed by atoms with Crippen LogP contribution in [-0.4, -0.2) is 34.5 Å². The van der Waals surface area contributed by atoms with Crippen LogP contribution in [0.4, 0.5) is 9.93 Å². The molecule has 0 aromatic carbocycles. The molecule has 0 fully saturated rings. The third kappa shape index (κ3) is 4.17. The molecule has 2 aromatic heterocycles.